The summed E-state index contributed by atoms with van der Waals surface area (Å²) < 4.78 is 31.8. The van der Waals surface area contributed by atoms with Crippen molar-refractivity contribution in [2.75, 3.05) is 7.05 Å². The normalized spacial score (nSPS) is 10.7. The number of hydrogen-bond donors (Lipinski definition) is 1. The molecule has 16 heavy (non-hydrogen) atoms. The van der Waals surface area contributed by atoms with E-state index < -0.39 is 11.6 Å². The lowest BCUT2D eigenvalue weighted by Gasteiger charge is -1.99. The minimum absolute atomic E-state index is 0.141. The predicted octanol–water partition coefficient (Wildman–Crippen LogP) is 2.94. The van der Waals surface area contributed by atoms with Gasteiger partial charge >= 0.3 is 0 Å². The van der Waals surface area contributed by atoms with Gasteiger partial charge in [-0.1, -0.05) is 0 Å². The molecular weight excluding hydrogens is 212 g/mol. The highest BCUT2D eigenvalue weighted by Crippen LogP contribution is 2.25. The van der Waals surface area contributed by atoms with Crippen LogP contribution in [0.5, 0.6) is 0 Å². The number of benzene rings is 1. The Bertz CT molecular complexity index is 494. The highest BCUT2D eigenvalue weighted by atomic mass is 19.1. The van der Waals surface area contributed by atoms with E-state index >= 15 is 0 Å². The zero-order valence-corrected chi connectivity index (χ0v) is 8.76. The molecule has 0 saturated carbocycles. The molecule has 1 N–H and O–H groups in total. The van der Waals surface area contributed by atoms with Gasteiger partial charge in [-0.3, -0.25) is 0 Å². The van der Waals surface area contributed by atoms with Crippen LogP contribution in [-0.4, -0.2) is 7.05 Å². The van der Waals surface area contributed by atoms with Crippen molar-refractivity contribution in [3.8, 4) is 11.3 Å². The Morgan fingerprint density at radius 2 is 2.00 bits per heavy atom. The molecule has 84 valence electrons. The molecule has 0 spiro atoms. The average Bonchev–Trinajstić information content (AvgIpc) is 2.71. The Morgan fingerprint density at radius 1 is 1.19 bits per heavy atom. The molecule has 0 unspecified atom stereocenters. The predicted molar refractivity (Wildman–Crippen MR) is 56.8 cm³/mol. The minimum atomic E-state index is -0.494. The van der Waals surface area contributed by atoms with Gasteiger partial charge in [-0.2, -0.15) is 0 Å². The first-order valence-corrected chi connectivity index (χ1v) is 4.89. The lowest BCUT2D eigenvalue weighted by molar-refractivity contribution is 0.502. The lowest BCUT2D eigenvalue weighted by atomic mass is 10.1. The molecule has 0 amide bonds. The summed E-state index contributed by atoms with van der Waals surface area (Å²) >= 11 is 0. The molecule has 2 nitrogen and oxygen atoms in total. The molecule has 0 aliphatic rings. The van der Waals surface area contributed by atoms with E-state index in [0.29, 0.717) is 18.1 Å². The molecular formula is C12H11F2NO. The number of hydrogen-bond acceptors (Lipinski definition) is 2. The molecule has 1 aromatic carbocycles. The minimum Gasteiger partial charge on any atom is -0.460 e. The van der Waals surface area contributed by atoms with Crippen LogP contribution in [0, 0.1) is 11.6 Å². The van der Waals surface area contributed by atoms with Crippen molar-refractivity contribution < 1.29 is 13.2 Å². The molecule has 2 aromatic rings. The van der Waals surface area contributed by atoms with Crippen molar-refractivity contribution in [3.63, 3.8) is 0 Å². The van der Waals surface area contributed by atoms with Crippen LogP contribution in [0.25, 0.3) is 11.3 Å². The molecule has 0 fully saturated rings. The SMILES string of the molecule is CNCc1ccc(-c2cc(F)ccc2F)o1. The van der Waals surface area contributed by atoms with E-state index in [1.165, 1.54) is 0 Å². The third-order valence-electron chi connectivity index (χ3n) is 2.21. The fourth-order valence-electron chi connectivity index (χ4n) is 1.48. The number of rotatable bonds is 3. The zero-order valence-electron chi connectivity index (χ0n) is 8.76. The van der Waals surface area contributed by atoms with Crippen LogP contribution in [-0.2, 0) is 6.54 Å². The van der Waals surface area contributed by atoms with Gasteiger partial charge in [0.25, 0.3) is 0 Å². The Morgan fingerprint density at radius 3 is 2.75 bits per heavy atom. The first-order chi connectivity index (χ1) is 7.70. The quantitative estimate of drug-likeness (QED) is 0.865. The van der Waals surface area contributed by atoms with Crippen LogP contribution in [0.2, 0.25) is 0 Å². The van der Waals surface area contributed by atoms with Crippen LogP contribution in [0.3, 0.4) is 0 Å². The van der Waals surface area contributed by atoms with Crippen molar-refractivity contribution in [3.05, 3.63) is 47.7 Å². The Kier molecular flexibility index (Phi) is 3.01. The maximum atomic E-state index is 13.4. The first kappa shape index (κ1) is 10.8. The van der Waals surface area contributed by atoms with Gasteiger partial charge in [0.05, 0.1) is 12.1 Å². The van der Waals surface area contributed by atoms with Gasteiger partial charge in [-0.05, 0) is 37.4 Å². The van der Waals surface area contributed by atoms with E-state index in [2.05, 4.69) is 5.32 Å². The number of halogens is 2. The van der Waals surface area contributed by atoms with E-state index in [-0.39, 0.29) is 5.56 Å². The third-order valence-corrected chi connectivity index (χ3v) is 2.21. The first-order valence-electron chi connectivity index (χ1n) is 4.89. The van der Waals surface area contributed by atoms with Gasteiger partial charge in [0.1, 0.15) is 23.2 Å². The zero-order chi connectivity index (χ0) is 11.5. The molecule has 1 heterocycles. The van der Waals surface area contributed by atoms with E-state index in [1.54, 1.807) is 19.2 Å². The van der Waals surface area contributed by atoms with Crippen LogP contribution in [0.15, 0.2) is 34.7 Å². The van der Waals surface area contributed by atoms with Gasteiger partial charge in [0.2, 0.25) is 0 Å². The summed E-state index contributed by atoms with van der Waals surface area (Å²) in [5.41, 5.74) is 0.141. The van der Waals surface area contributed by atoms with Crippen molar-refractivity contribution in [1.82, 2.24) is 5.32 Å². The molecule has 0 radical (unpaired) electrons. The third kappa shape index (κ3) is 2.12. The molecule has 0 aliphatic heterocycles. The molecule has 2 rings (SSSR count). The second-order valence-corrected chi connectivity index (χ2v) is 3.42. The van der Waals surface area contributed by atoms with E-state index in [9.17, 15) is 8.78 Å². The van der Waals surface area contributed by atoms with E-state index in [4.69, 9.17) is 4.42 Å². The van der Waals surface area contributed by atoms with Gasteiger partial charge in [0.15, 0.2) is 0 Å². The van der Waals surface area contributed by atoms with Gasteiger partial charge < -0.3 is 9.73 Å². The average molecular weight is 223 g/mol. The summed E-state index contributed by atoms with van der Waals surface area (Å²) in [6, 6.07) is 6.65. The van der Waals surface area contributed by atoms with E-state index in [1.807, 2.05) is 0 Å². The van der Waals surface area contributed by atoms with Crippen LogP contribution in [0.4, 0.5) is 8.78 Å². The van der Waals surface area contributed by atoms with Gasteiger partial charge in [-0.15, -0.1) is 0 Å². The van der Waals surface area contributed by atoms with Crippen molar-refractivity contribution in [2.24, 2.45) is 0 Å². The summed E-state index contributed by atoms with van der Waals surface area (Å²) in [4.78, 5) is 0. The summed E-state index contributed by atoms with van der Waals surface area (Å²) in [5, 5.41) is 2.91. The molecule has 1 aromatic heterocycles. The monoisotopic (exact) mass is 223 g/mol. The fourth-order valence-corrected chi connectivity index (χ4v) is 1.48. The lowest BCUT2D eigenvalue weighted by Crippen LogP contribution is -2.03. The van der Waals surface area contributed by atoms with Crippen LogP contribution < -0.4 is 5.32 Å². The standard InChI is InChI=1S/C12H11F2NO/c1-15-7-9-3-5-12(16-9)10-6-8(13)2-4-11(10)14/h2-6,15H,7H2,1H3. The topological polar surface area (TPSA) is 25.2 Å². The van der Waals surface area contributed by atoms with Crippen LogP contribution in [0.1, 0.15) is 5.76 Å². The largest absolute Gasteiger partial charge is 0.460 e. The highest BCUT2D eigenvalue weighted by Gasteiger charge is 2.10. The summed E-state index contributed by atoms with van der Waals surface area (Å²) in [6.45, 7) is 0.553. The molecule has 4 heteroatoms. The van der Waals surface area contributed by atoms with Gasteiger partial charge in [0, 0.05) is 0 Å². The van der Waals surface area contributed by atoms with Crippen molar-refractivity contribution in [1.29, 1.82) is 0 Å². The van der Waals surface area contributed by atoms with E-state index in [0.717, 1.165) is 18.2 Å². The Labute approximate surface area is 91.9 Å². The second kappa shape index (κ2) is 4.45. The van der Waals surface area contributed by atoms with Crippen LogP contribution >= 0.6 is 0 Å². The molecule has 0 aliphatic carbocycles. The molecule has 0 atom stereocenters. The van der Waals surface area contributed by atoms with Gasteiger partial charge in [-0.25, -0.2) is 8.78 Å². The van der Waals surface area contributed by atoms with Crippen molar-refractivity contribution in [2.45, 2.75) is 6.54 Å². The summed E-state index contributed by atoms with van der Waals surface area (Å²) in [6.07, 6.45) is 0. The molecule has 0 bridgehead atoms. The Hall–Kier alpha value is -1.68. The van der Waals surface area contributed by atoms with Crippen molar-refractivity contribution >= 4 is 0 Å². The fraction of sp³-hybridized carbons (Fsp3) is 0.167. The summed E-state index contributed by atoms with van der Waals surface area (Å²) in [7, 11) is 1.78. The second-order valence-electron chi connectivity index (χ2n) is 3.42. The Balaban J connectivity index is 2.38. The highest BCUT2D eigenvalue weighted by molar-refractivity contribution is 5.58. The summed E-state index contributed by atoms with van der Waals surface area (Å²) in [5.74, 6) is 0.0399. The smallest absolute Gasteiger partial charge is 0.137 e. The maximum absolute atomic E-state index is 13.4. The number of furan rings is 1. The maximum Gasteiger partial charge on any atom is 0.137 e. The molecule has 0 saturated heterocycles. The number of nitrogens with one attached hydrogen (secondary N) is 1.